The molecule has 1 heteroatoms. The normalized spacial score (nSPS) is 34.5. The first-order valence-corrected chi connectivity index (χ1v) is 9.75. The van der Waals surface area contributed by atoms with Gasteiger partial charge < -0.3 is 4.57 Å². The predicted molar refractivity (Wildman–Crippen MR) is 100 cm³/mol. The van der Waals surface area contributed by atoms with Crippen molar-refractivity contribution in [1.29, 1.82) is 0 Å². The van der Waals surface area contributed by atoms with Gasteiger partial charge in [-0.25, -0.2) is 0 Å². The molecule has 0 aliphatic heterocycles. The Bertz CT molecular complexity index is 919. The van der Waals surface area contributed by atoms with Crippen LogP contribution in [0.1, 0.15) is 43.6 Å². The molecular formula is C23H25N. The lowest BCUT2D eigenvalue weighted by atomic mass is 9.51. The summed E-state index contributed by atoms with van der Waals surface area (Å²) in [6, 6.07) is 16.3. The Labute approximate surface area is 143 Å². The standard InChI is InChI=1S/C23H25N/c1-24-21-5-3-2-4-19(21)20-13-16(6-7-22(20)24)23-17-9-14-8-15(11-17)12-18(23)10-14/h2-7,13-15,17-18,23H,8-12H2,1H3. The van der Waals surface area contributed by atoms with Crippen LogP contribution >= 0.6 is 0 Å². The number of hydrogen-bond acceptors (Lipinski definition) is 0. The maximum atomic E-state index is 2.55. The SMILES string of the molecule is Cn1c2ccccc2c2cc(C3C4CC5CC(C4)CC3C5)ccc21. The van der Waals surface area contributed by atoms with Crippen molar-refractivity contribution in [1.82, 2.24) is 4.57 Å². The molecule has 4 aliphatic carbocycles. The molecule has 4 fully saturated rings. The molecular weight excluding hydrogens is 290 g/mol. The highest BCUT2D eigenvalue weighted by atomic mass is 14.9. The minimum absolute atomic E-state index is 0.834. The highest BCUT2D eigenvalue weighted by molar-refractivity contribution is 6.08. The summed E-state index contributed by atoms with van der Waals surface area (Å²) in [6.45, 7) is 0. The van der Waals surface area contributed by atoms with Gasteiger partial charge in [-0.15, -0.1) is 0 Å². The smallest absolute Gasteiger partial charge is 0.0488 e. The fourth-order valence-corrected chi connectivity index (χ4v) is 6.86. The third kappa shape index (κ3) is 1.71. The van der Waals surface area contributed by atoms with E-state index in [1.165, 1.54) is 47.5 Å². The van der Waals surface area contributed by atoms with Crippen LogP contribution in [0.5, 0.6) is 0 Å². The fraction of sp³-hybridized carbons (Fsp3) is 0.478. The second-order valence-corrected chi connectivity index (χ2v) is 8.81. The zero-order valence-electron chi connectivity index (χ0n) is 14.4. The van der Waals surface area contributed by atoms with E-state index >= 15 is 0 Å². The molecule has 0 saturated heterocycles. The molecule has 1 nitrogen and oxygen atoms in total. The van der Waals surface area contributed by atoms with E-state index in [1.54, 1.807) is 12.0 Å². The van der Waals surface area contributed by atoms with Crippen molar-refractivity contribution in [3.63, 3.8) is 0 Å². The number of fused-ring (bicyclic) bond motifs is 3. The van der Waals surface area contributed by atoms with Gasteiger partial charge in [0.05, 0.1) is 0 Å². The van der Waals surface area contributed by atoms with Gasteiger partial charge in [-0.05, 0) is 85.5 Å². The number of hydrogen-bond donors (Lipinski definition) is 0. The summed E-state index contributed by atoms with van der Waals surface area (Å²) in [6.07, 6.45) is 7.56. The molecule has 0 amide bonds. The van der Waals surface area contributed by atoms with Gasteiger partial charge in [-0.3, -0.25) is 0 Å². The number of benzene rings is 2. The Morgan fingerprint density at radius 3 is 2.17 bits per heavy atom. The number of para-hydroxylation sites is 1. The molecule has 0 unspecified atom stereocenters. The Morgan fingerprint density at radius 1 is 0.750 bits per heavy atom. The summed E-state index contributed by atoms with van der Waals surface area (Å²) in [4.78, 5) is 0. The molecule has 4 aliphatic rings. The van der Waals surface area contributed by atoms with Crippen LogP contribution in [0.4, 0.5) is 0 Å². The van der Waals surface area contributed by atoms with Gasteiger partial charge >= 0.3 is 0 Å². The lowest BCUT2D eigenvalue weighted by Gasteiger charge is -2.54. The average Bonchev–Trinajstić information content (AvgIpc) is 2.87. The van der Waals surface area contributed by atoms with Gasteiger partial charge in [0.1, 0.15) is 0 Å². The highest BCUT2D eigenvalue weighted by Gasteiger charge is 2.48. The van der Waals surface area contributed by atoms with Gasteiger partial charge in [0, 0.05) is 28.9 Å². The largest absolute Gasteiger partial charge is 0.344 e. The van der Waals surface area contributed by atoms with Crippen molar-refractivity contribution < 1.29 is 0 Å². The van der Waals surface area contributed by atoms with E-state index in [9.17, 15) is 0 Å². The van der Waals surface area contributed by atoms with E-state index in [0.29, 0.717) is 0 Å². The quantitative estimate of drug-likeness (QED) is 0.529. The molecule has 0 spiro atoms. The third-order valence-corrected chi connectivity index (χ3v) is 7.55. The van der Waals surface area contributed by atoms with Gasteiger partial charge in [0.25, 0.3) is 0 Å². The van der Waals surface area contributed by atoms with Crippen LogP contribution in [0.25, 0.3) is 21.8 Å². The molecule has 4 saturated carbocycles. The van der Waals surface area contributed by atoms with E-state index in [4.69, 9.17) is 0 Å². The maximum Gasteiger partial charge on any atom is 0.0488 e. The average molecular weight is 315 g/mol. The molecule has 1 heterocycles. The van der Waals surface area contributed by atoms with Gasteiger partial charge in [0.2, 0.25) is 0 Å². The zero-order chi connectivity index (χ0) is 15.8. The minimum atomic E-state index is 0.834. The Morgan fingerprint density at radius 2 is 1.42 bits per heavy atom. The second kappa shape index (κ2) is 4.65. The van der Waals surface area contributed by atoms with E-state index in [1.807, 2.05) is 0 Å². The summed E-state index contributed by atoms with van der Waals surface area (Å²) in [5.74, 6) is 4.89. The van der Waals surface area contributed by atoms with Crippen molar-refractivity contribution in [3.8, 4) is 0 Å². The summed E-state index contributed by atoms with van der Waals surface area (Å²) in [7, 11) is 2.20. The first kappa shape index (κ1) is 13.5. The van der Waals surface area contributed by atoms with Crippen molar-refractivity contribution in [3.05, 3.63) is 48.0 Å². The van der Waals surface area contributed by atoms with E-state index in [-0.39, 0.29) is 0 Å². The molecule has 122 valence electrons. The van der Waals surface area contributed by atoms with Crippen molar-refractivity contribution in [2.45, 2.75) is 38.0 Å². The summed E-state index contributed by atoms with van der Waals surface area (Å²) in [5.41, 5.74) is 4.37. The fourth-order valence-electron chi connectivity index (χ4n) is 6.86. The molecule has 1 aromatic heterocycles. The maximum absolute atomic E-state index is 2.55. The number of nitrogens with zero attached hydrogens (tertiary/aromatic N) is 1. The number of rotatable bonds is 1. The third-order valence-electron chi connectivity index (χ3n) is 7.55. The second-order valence-electron chi connectivity index (χ2n) is 8.81. The minimum Gasteiger partial charge on any atom is -0.344 e. The molecule has 0 radical (unpaired) electrons. The van der Waals surface area contributed by atoms with E-state index in [2.05, 4.69) is 54.1 Å². The van der Waals surface area contributed by atoms with E-state index < -0.39 is 0 Å². The topological polar surface area (TPSA) is 4.93 Å². The molecule has 2 aromatic carbocycles. The Kier molecular flexibility index (Phi) is 2.62. The zero-order valence-corrected chi connectivity index (χ0v) is 14.4. The monoisotopic (exact) mass is 315 g/mol. The number of aromatic nitrogens is 1. The highest BCUT2D eigenvalue weighted by Crippen LogP contribution is 2.59. The summed E-state index contributed by atoms with van der Waals surface area (Å²) >= 11 is 0. The summed E-state index contributed by atoms with van der Waals surface area (Å²) in [5, 5.41) is 2.88. The van der Waals surface area contributed by atoms with Crippen LogP contribution in [-0.2, 0) is 7.05 Å². The van der Waals surface area contributed by atoms with Crippen LogP contribution in [0.15, 0.2) is 42.5 Å². The first-order chi connectivity index (χ1) is 11.8. The Balaban J connectivity index is 1.52. The molecule has 24 heavy (non-hydrogen) atoms. The van der Waals surface area contributed by atoms with Crippen LogP contribution in [0.3, 0.4) is 0 Å². The van der Waals surface area contributed by atoms with Crippen molar-refractivity contribution >= 4 is 21.8 Å². The first-order valence-electron chi connectivity index (χ1n) is 9.75. The van der Waals surface area contributed by atoms with Crippen molar-refractivity contribution in [2.24, 2.45) is 30.7 Å². The van der Waals surface area contributed by atoms with Gasteiger partial charge in [-0.1, -0.05) is 24.3 Å². The van der Waals surface area contributed by atoms with Gasteiger partial charge in [-0.2, -0.15) is 0 Å². The molecule has 0 N–H and O–H groups in total. The summed E-state index contributed by atoms with van der Waals surface area (Å²) < 4.78 is 2.35. The molecule has 0 atom stereocenters. The van der Waals surface area contributed by atoms with Crippen LogP contribution in [0.2, 0.25) is 0 Å². The lowest BCUT2D eigenvalue weighted by molar-refractivity contribution is -0.00273. The van der Waals surface area contributed by atoms with Crippen LogP contribution in [-0.4, -0.2) is 4.57 Å². The number of aryl methyl sites for hydroxylation is 1. The van der Waals surface area contributed by atoms with Crippen molar-refractivity contribution in [2.75, 3.05) is 0 Å². The van der Waals surface area contributed by atoms with Crippen LogP contribution < -0.4 is 0 Å². The lowest BCUT2D eigenvalue weighted by Crippen LogP contribution is -2.43. The van der Waals surface area contributed by atoms with Gasteiger partial charge in [0.15, 0.2) is 0 Å². The van der Waals surface area contributed by atoms with E-state index in [0.717, 1.165) is 29.6 Å². The van der Waals surface area contributed by atoms with Crippen LogP contribution in [0, 0.1) is 23.7 Å². The molecule has 3 aromatic rings. The Hall–Kier alpha value is -1.76. The molecule has 4 bridgehead atoms. The predicted octanol–water partition coefficient (Wildman–Crippen LogP) is 5.87. The molecule has 7 rings (SSSR count).